The van der Waals surface area contributed by atoms with E-state index in [0.29, 0.717) is 11.6 Å². The zero-order valence-electron chi connectivity index (χ0n) is 10.6. The summed E-state index contributed by atoms with van der Waals surface area (Å²) in [6.45, 7) is 0. The highest BCUT2D eigenvalue weighted by Gasteiger charge is 2.18. The van der Waals surface area contributed by atoms with Crippen molar-refractivity contribution in [3.8, 4) is 0 Å². The molecule has 8 heteroatoms. The molecule has 0 saturated carbocycles. The summed E-state index contributed by atoms with van der Waals surface area (Å²) in [6.07, 6.45) is 0. The minimum Gasteiger partial charge on any atom is -0.465 e. The molecule has 0 saturated heterocycles. The number of amides is 1. The Hall–Kier alpha value is -1.55. The fraction of sp³-hybridized carbons (Fsp3) is 0.0769. The van der Waals surface area contributed by atoms with Crippen LogP contribution in [0.2, 0.25) is 0 Å². The van der Waals surface area contributed by atoms with Gasteiger partial charge in [0.1, 0.15) is 11.6 Å². The van der Waals surface area contributed by atoms with Crippen LogP contribution in [0, 0.1) is 14.5 Å². The zero-order chi connectivity index (χ0) is 15.6. The molecule has 0 aliphatic heterocycles. The molecule has 1 heterocycles. The molecule has 0 unspecified atom stereocenters. The van der Waals surface area contributed by atoms with E-state index in [1.54, 1.807) is 11.4 Å². The van der Waals surface area contributed by atoms with E-state index in [9.17, 15) is 18.4 Å². The van der Waals surface area contributed by atoms with Crippen LogP contribution in [0.15, 0.2) is 23.6 Å². The second-order valence-electron chi connectivity index (χ2n) is 3.90. The van der Waals surface area contributed by atoms with Crippen LogP contribution >= 0.6 is 33.9 Å². The maximum absolute atomic E-state index is 13.7. The van der Waals surface area contributed by atoms with E-state index in [4.69, 9.17) is 0 Å². The quantitative estimate of drug-likeness (QED) is 0.606. The number of carbonyl (C=O) groups excluding carboxylic acids is 2. The van der Waals surface area contributed by atoms with E-state index in [2.05, 4.69) is 10.1 Å². The number of esters is 1. The molecule has 0 atom stereocenters. The Morgan fingerprint density at radius 1 is 1.24 bits per heavy atom. The van der Waals surface area contributed by atoms with E-state index < -0.39 is 29.1 Å². The predicted octanol–water partition coefficient (Wildman–Crippen LogP) is 3.67. The summed E-state index contributed by atoms with van der Waals surface area (Å²) in [4.78, 5) is 23.3. The van der Waals surface area contributed by atoms with Crippen LogP contribution in [-0.2, 0) is 4.74 Å². The fourth-order valence-corrected chi connectivity index (χ4v) is 2.86. The monoisotopic (exact) mass is 423 g/mol. The lowest BCUT2D eigenvalue weighted by Crippen LogP contribution is -2.14. The van der Waals surface area contributed by atoms with Gasteiger partial charge in [-0.1, -0.05) is 0 Å². The number of carbonyl (C=O) groups is 2. The molecule has 2 rings (SSSR count). The summed E-state index contributed by atoms with van der Waals surface area (Å²) < 4.78 is 32.4. The van der Waals surface area contributed by atoms with Gasteiger partial charge < -0.3 is 10.1 Å². The van der Waals surface area contributed by atoms with Gasteiger partial charge >= 0.3 is 5.97 Å². The Bertz CT molecular complexity index is 717. The van der Waals surface area contributed by atoms with Crippen molar-refractivity contribution in [1.82, 2.24) is 0 Å². The Kier molecular flexibility index (Phi) is 4.88. The van der Waals surface area contributed by atoms with Gasteiger partial charge in [0.05, 0.1) is 26.8 Å². The van der Waals surface area contributed by atoms with Crippen LogP contribution in [0.3, 0.4) is 0 Å². The van der Waals surface area contributed by atoms with Crippen LogP contribution in [-0.4, -0.2) is 19.0 Å². The number of nitrogens with one attached hydrogen (secondary N) is 1. The largest absolute Gasteiger partial charge is 0.465 e. The lowest BCUT2D eigenvalue weighted by Gasteiger charge is -2.08. The number of benzene rings is 1. The first-order chi connectivity index (χ1) is 9.92. The molecule has 110 valence electrons. The Labute approximate surface area is 136 Å². The molecular formula is C13H8F2INO3S. The summed E-state index contributed by atoms with van der Waals surface area (Å²) in [6, 6.07) is 3.06. The van der Waals surface area contributed by atoms with E-state index in [1.807, 2.05) is 22.6 Å². The van der Waals surface area contributed by atoms with Gasteiger partial charge in [-0.3, -0.25) is 4.79 Å². The number of anilines is 1. The van der Waals surface area contributed by atoms with Crippen molar-refractivity contribution in [3.05, 3.63) is 49.2 Å². The molecule has 21 heavy (non-hydrogen) atoms. The molecule has 0 bridgehead atoms. The molecule has 1 aromatic carbocycles. The van der Waals surface area contributed by atoms with E-state index in [0.717, 1.165) is 16.1 Å². The lowest BCUT2D eigenvalue weighted by molar-refractivity contribution is 0.0595. The molecule has 0 aliphatic rings. The minimum atomic E-state index is -1.05. The third kappa shape index (κ3) is 3.56. The number of hydrogen-bond donors (Lipinski definition) is 1. The number of thiophene rings is 1. The molecule has 1 N–H and O–H groups in total. The van der Waals surface area contributed by atoms with Crippen molar-refractivity contribution in [3.63, 3.8) is 0 Å². The topological polar surface area (TPSA) is 55.4 Å². The minimum absolute atomic E-state index is 0.289. The summed E-state index contributed by atoms with van der Waals surface area (Å²) in [5, 5.41) is 3.91. The summed E-state index contributed by atoms with van der Waals surface area (Å²) in [7, 11) is 1.08. The second kappa shape index (κ2) is 6.48. The second-order valence-corrected chi connectivity index (χ2v) is 6.70. The lowest BCUT2D eigenvalue weighted by atomic mass is 10.1. The Balaban J connectivity index is 2.31. The average Bonchev–Trinajstić information content (AvgIpc) is 2.87. The molecule has 4 nitrogen and oxygen atoms in total. The molecule has 1 amide bonds. The van der Waals surface area contributed by atoms with Crippen molar-refractivity contribution in [2.75, 3.05) is 12.4 Å². The van der Waals surface area contributed by atoms with Crippen LogP contribution in [0.5, 0.6) is 0 Å². The molecule has 0 spiro atoms. The number of methoxy groups -OCH3 is 1. The van der Waals surface area contributed by atoms with Crippen molar-refractivity contribution in [2.45, 2.75) is 0 Å². The maximum Gasteiger partial charge on any atom is 0.340 e. The number of halogens is 3. The first-order valence-corrected chi connectivity index (χ1v) is 7.51. The molecule has 0 aliphatic carbocycles. The normalized spacial score (nSPS) is 10.3. The fourth-order valence-electron chi connectivity index (χ4n) is 1.53. The zero-order valence-corrected chi connectivity index (χ0v) is 13.6. The van der Waals surface area contributed by atoms with Gasteiger partial charge in [0.2, 0.25) is 0 Å². The number of rotatable bonds is 3. The average molecular weight is 423 g/mol. The van der Waals surface area contributed by atoms with Gasteiger partial charge in [-0.2, -0.15) is 0 Å². The van der Waals surface area contributed by atoms with Gasteiger partial charge in [-0.15, -0.1) is 11.3 Å². The standard InChI is InChI=1S/C13H8F2INO3S/c1-20-13(19)7-3-10(9(15)4-8(7)14)17-12(18)6-2-11(16)21-5-6/h2-5H,1H3,(H,17,18). The van der Waals surface area contributed by atoms with Crippen LogP contribution in [0.4, 0.5) is 14.5 Å². The Morgan fingerprint density at radius 3 is 2.52 bits per heavy atom. The number of hydrogen-bond acceptors (Lipinski definition) is 4. The maximum atomic E-state index is 13.7. The smallest absolute Gasteiger partial charge is 0.340 e. The summed E-state index contributed by atoms with van der Waals surface area (Å²) in [5.41, 5.74) is -0.384. The summed E-state index contributed by atoms with van der Waals surface area (Å²) >= 11 is 3.41. The van der Waals surface area contributed by atoms with Crippen molar-refractivity contribution >= 4 is 51.5 Å². The highest BCUT2D eigenvalue weighted by atomic mass is 127. The third-order valence-electron chi connectivity index (χ3n) is 2.54. The predicted molar refractivity (Wildman–Crippen MR) is 82.7 cm³/mol. The van der Waals surface area contributed by atoms with Gasteiger partial charge in [0.15, 0.2) is 0 Å². The van der Waals surface area contributed by atoms with Crippen LogP contribution < -0.4 is 5.32 Å². The highest BCUT2D eigenvalue weighted by molar-refractivity contribution is 14.1. The van der Waals surface area contributed by atoms with Crippen molar-refractivity contribution in [1.29, 1.82) is 0 Å². The van der Waals surface area contributed by atoms with Gasteiger partial charge in [-0.05, 0) is 34.7 Å². The SMILES string of the molecule is COC(=O)c1cc(NC(=O)c2csc(I)c2)c(F)cc1F. The van der Waals surface area contributed by atoms with Gasteiger partial charge in [-0.25, -0.2) is 13.6 Å². The van der Waals surface area contributed by atoms with E-state index in [1.165, 1.54) is 11.3 Å². The third-order valence-corrected chi connectivity index (χ3v) is 4.33. The van der Waals surface area contributed by atoms with Gasteiger partial charge in [0.25, 0.3) is 5.91 Å². The summed E-state index contributed by atoms with van der Waals surface area (Å²) in [5.74, 6) is -3.52. The molecule has 0 radical (unpaired) electrons. The molecular weight excluding hydrogens is 415 g/mol. The van der Waals surface area contributed by atoms with Gasteiger partial charge in [0, 0.05) is 11.4 Å². The molecule has 0 fully saturated rings. The first kappa shape index (κ1) is 15.8. The van der Waals surface area contributed by atoms with E-state index >= 15 is 0 Å². The Morgan fingerprint density at radius 2 is 1.95 bits per heavy atom. The van der Waals surface area contributed by atoms with Crippen molar-refractivity contribution in [2.24, 2.45) is 0 Å². The van der Waals surface area contributed by atoms with E-state index in [-0.39, 0.29) is 5.69 Å². The number of ether oxygens (including phenoxy) is 1. The molecule has 1 aromatic heterocycles. The first-order valence-electron chi connectivity index (χ1n) is 5.55. The highest BCUT2D eigenvalue weighted by Crippen LogP contribution is 2.22. The molecule has 2 aromatic rings. The van der Waals surface area contributed by atoms with Crippen molar-refractivity contribution < 1.29 is 23.1 Å². The van der Waals surface area contributed by atoms with Crippen LogP contribution in [0.25, 0.3) is 0 Å². The van der Waals surface area contributed by atoms with Crippen LogP contribution in [0.1, 0.15) is 20.7 Å².